The minimum Gasteiger partial charge on any atom is -0.391 e. The van der Waals surface area contributed by atoms with E-state index in [1.54, 1.807) is 6.07 Å². The summed E-state index contributed by atoms with van der Waals surface area (Å²) in [6.07, 6.45) is -0.228. The zero-order chi connectivity index (χ0) is 15.6. The first kappa shape index (κ1) is 16.8. The van der Waals surface area contributed by atoms with Crippen LogP contribution >= 0.6 is 15.9 Å². The topological polar surface area (TPSA) is 46.2 Å². The number of rotatable bonds is 3. The lowest BCUT2D eigenvalue weighted by Crippen LogP contribution is -2.34. The monoisotopic (exact) mass is 365 g/mol. The molecule has 1 aliphatic rings. The van der Waals surface area contributed by atoms with Crippen molar-refractivity contribution in [2.24, 2.45) is 11.7 Å². The van der Waals surface area contributed by atoms with Crippen molar-refractivity contribution in [3.05, 3.63) is 33.8 Å². The third-order valence-electron chi connectivity index (χ3n) is 4.13. The van der Waals surface area contributed by atoms with Crippen LogP contribution in [0.4, 0.5) is 13.2 Å². The highest BCUT2D eigenvalue weighted by atomic mass is 79.9. The highest BCUT2D eigenvalue weighted by Crippen LogP contribution is 2.36. The van der Waals surface area contributed by atoms with Gasteiger partial charge in [-0.25, -0.2) is 0 Å². The second-order valence-electron chi connectivity index (χ2n) is 5.69. The van der Waals surface area contributed by atoms with Gasteiger partial charge in [0.05, 0.1) is 17.7 Å². The van der Waals surface area contributed by atoms with Crippen LogP contribution in [0.5, 0.6) is 0 Å². The molecule has 2 nitrogen and oxygen atoms in total. The van der Waals surface area contributed by atoms with Crippen LogP contribution in [-0.2, 0) is 6.18 Å². The molecule has 0 unspecified atom stereocenters. The first-order valence-corrected chi connectivity index (χ1v) is 7.89. The second kappa shape index (κ2) is 6.67. The summed E-state index contributed by atoms with van der Waals surface area (Å²) in [5, 5.41) is 10.4. The molecule has 6 heteroatoms. The summed E-state index contributed by atoms with van der Waals surface area (Å²) in [4.78, 5) is 0. The highest BCUT2D eigenvalue weighted by Gasteiger charge is 2.33. The summed E-state index contributed by atoms with van der Waals surface area (Å²) in [5.74, 6) is 0.0714. The summed E-state index contributed by atoms with van der Waals surface area (Å²) in [5.41, 5.74) is 5.58. The van der Waals surface area contributed by atoms with Crippen LogP contribution in [0, 0.1) is 5.92 Å². The maximum atomic E-state index is 12.8. The Morgan fingerprint density at radius 2 is 1.76 bits per heavy atom. The Labute approximate surface area is 130 Å². The van der Waals surface area contributed by atoms with Gasteiger partial charge >= 0.3 is 6.18 Å². The van der Waals surface area contributed by atoms with Crippen LogP contribution in [0.1, 0.15) is 49.3 Å². The molecule has 1 saturated carbocycles. The maximum absolute atomic E-state index is 12.8. The molecule has 1 fully saturated rings. The zero-order valence-corrected chi connectivity index (χ0v) is 13.1. The summed E-state index contributed by atoms with van der Waals surface area (Å²) in [6.45, 7) is 0. The van der Waals surface area contributed by atoms with Gasteiger partial charge in [-0.2, -0.15) is 13.2 Å². The molecule has 21 heavy (non-hydrogen) atoms. The van der Waals surface area contributed by atoms with Gasteiger partial charge in [-0.15, -0.1) is 0 Å². The molecule has 0 aromatic heterocycles. The van der Waals surface area contributed by atoms with Gasteiger partial charge in [-0.05, 0) is 42.5 Å². The minimum atomic E-state index is -4.42. The summed E-state index contributed by atoms with van der Waals surface area (Å²) < 4.78 is 38.8. The van der Waals surface area contributed by atoms with Gasteiger partial charge in [-0.1, -0.05) is 35.2 Å². The number of aliphatic hydroxyl groups excluding tert-OH is 1. The zero-order valence-electron chi connectivity index (χ0n) is 11.5. The van der Waals surface area contributed by atoms with Crippen LogP contribution < -0.4 is 5.73 Å². The Hall–Kier alpha value is -0.590. The first-order chi connectivity index (χ1) is 9.79. The van der Waals surface area contributed by atoms with E-state index < -0.39 is 23.9 Å². The molecule has 1 aliphatic carbocycles. The van der Waals surface area contributed by atoms with Crippen LogP contribution in [0.15, 0.2) is 22.7 Å². The normalized spacial score (nSPS) is 20.3. The van der Waals surface area contributed by atoms with Gasteiger partial charge in [0.1, 0.15) is 0 Å². The van der Waals surface area contributed by atoms with Gasteiger partial charge in [0, 0.05) is 4.47 Å². The van der Waals surface area contributed by atoms with Gasteiger partial charge < -0.3 is 10.8 Å². The van der Waals surface area contributed by atoms with Gasteiger partial charge in [-0.3, -0.25) is 0 Å². The van der Waals surface area contributed by atoms with Gasteiger partial charge in [0.15, 0.2) is 0 Å². The van der Waals surface area contributed by atoms with Gasteiger partial charge in [0.2, 0.25) is 0 Å². The van der Waals surface area contributed by atoms with Crippen LogP contribution in [-0.4, -0.2) is 11.2 Å². The fourth-order valence-electron chi connectivity index (χ4n) is 2.93. The smallest absolute Gasteiger partial charge is 0.391 e. The number of hydrogen-bond donors (Lipinski definition) is 2. The molecular formula is C15H19BrF3NO. The molecule has 0 saturated heterocycles. The molecule has 3 N–H and O–H groups in total. The quantitative estimate of drug-likeness (QED) is 0.833. The predicted octanol–water partition coefficient (Wildman–Crippen LogP) is 4.41. The SMILES string of the molecule is N[C@@H](c1cc(Br)cc(C(F)(F)F)c1)[C@H](O)C1CCCCC1. The second-order valence-corrected chi connectivity index (χ2v) is 6.60. The van der Waals surface area contributed by atoms with Crippen LogP contribution in [0.3, 0.4) is 0 Å². The average Bonchev–Trinajstić information content (AvgIpc) is 2.45. The van der Waals surface area contributed by atoms with E-state index in [0.717, 1.165) is 44.2 Å². The minimum absolute atomic E-state index is 0.0714. The van der Waals surface area contributed by atoms with E-state index in [0.29, 0.717) is 10.0 Å². The largest absolute Gasteiger partial charge is 0.416 e. The first-order valence-electron chi connectivity index (χ1n) is 7.10. The van der Waals surface area contributed by atoms with Crippen molar-refractivity contribution in [1.29, 1.82) is 0 Å². The molecule has 118 valence electrons. The van der Waals surface area contributed by atoms with E-state index in [1.165, 1.54) is 0 Å². The number of nitrogens with two attached hydrogens (primary N) is 1. The van der Waals surface area contributed by atoms with Crippen LogP contribution in [0.2, 0.25) is 0 Å². The molecule has 2 atom stereocenters. The van der Waals surface area contributed by atoms with E-state index in [4.69, 9.17) is 5.73 Å². The Balaban J connectivity index is 2.21. The molecule has 1 aromatic carbocycles. The molecule has 0 amide bonds. The number of aliphatic hydroxyl groups is 1. The number of halogens is 4. The summed E-state index contributed by atoms with van der Waals surface area (Å²) >= 11 is 3.08. The molecule has 0 bridgehead atoms. The van der Waals surface area contributed by atoms with Crippen molar-refractivity contribution < 1.29 is 18.3 Å². The molecule has 2 rings (SSSR count). The molecule has 0 aliphatic heterocycles. The standard InChI is InChI=1S/C15H19BrF3NO/c16-12-7-10(6-11(8-12)15(17,18)19)13(20)14(21)9-4-2-1-3-5-9/h6-9,13-14,21H,1-5,20H2/t13-,14+/m0/s1. The van der Waals surface area contributed by atoms with E-state index in [2.05, 4.69) is 15.9 Å². The molecule has 0 radical (unpaired) electrons. The average molecular weight is 366 g/mol. The molecular weight excluding hydrogens is 347 g/mol. The van der Waals surface area contributed by atoms with Crippen molar-refractivity contribution >= 4 is 15.9 Å². The van der Waals surface area contributed by atoms with E-state index in [1.807, 2.05) is 0 Å². The van der Waals surface area contributed by atoms with E-state index in [9.17, 15) is 18.3 Å². The van der Waals surface area contributed by atoms with Crippen molar-refractivity contribution in [2.75, 3.05) is 0 Å². The lowest BCUT2D eigenvalue weighted by Gasteiger charge is -2.31. The number of benzene rings is 1. The lowest BCUT2D eigenvalue weighted by atomic mass is 9.81. The fraction of sp³-hybridized carbons (Fsp3) is 0.600. The van der Waals surface area contributed by atoms with Crippen molar-refractivity contribution in [3.8, 4) is 0 Å². The van der Waals surface area contributed by atoms with Crippen molar-refractivity contribution in [1.82, 2.24) is 0 Å². The third-order valence-corrected chi connectivity index (χ3v) is 4.59. The Kier molecular flexibility index (Phi) is 5.33. The summed E-state index contributed by atoms with van der Waals surface area (Å²) in [6, 6.07) is 2.79. The number of alkyl halides is 3. The Bertz CT molecular complexity index is 486. The molecule has 0 heterocycles. The van der Waals surface area contributed by atoms with Crippen molar-refractivity contribution in [2.45, 2.75) is 50.4 Å². The van der Waals surface area contributed by atoms with Gasteiger partial charge in [0.25, 0.3) is 0 Å². The van der Waals surface area contributed by atoms with E-state index >= 15 is 0 Å². The highest BCUT2D eigenvalue weighted by molar-refractivity contribution is 9.10. The number of hydrogen-bond acceptors (Lipinski definition) is 2. The van der Waals surface area contributed by atoms with E-state index in [-0.39, 0.29) is 5.92 Å². The summed E-state index contributed by atoms with van der Waals surface area (Å²) in [7, 11) is 0. The van der Waals surface area contributed by atoms with Crippen molar-refractivity contribution in [3.63, 3.8) is 0 Å². The third kappa shape index (κ3) is 4.20. The lowest BCUT2D eigenvalue weighted by molar-refractivity contribution is -0.137. The maximum Gasteiger partial charge on any atom is 0.416 e. The Morgan fingerprint density at radius 1 is 1.14 bits per heavy atom. The fourth-order valence-corrected chi connectivity index (χ4v) is 3.45. The molecule has 0 spiro atoms. The predicted molar refractivity (Wildman–Crippen MR) is 78.7 cm³/mol. The van der Waals surface area contributed by atoms with Crippen LogP contribution in [0.25, 0.3) is 0 Å². The molecule has 1 aromatic rings. The Morgan fingerprint density at radius 3 is 2.33 bits per heavy atom.